The smallest absolute Gasteiger partial charge is 0.249 e. The van der Waals surface area contributed by atoms with Crippen LogP contribution in [0.3, 0.4) is 0 Å². The van der Waals surface area contributed by atoms with Gasteiger partial charge in [0.05, 0.1) is 19.7 Å². The predicted molar refractivity (Wildman–Crippen MR) is 151 cm³/mol. The fraction of sp³-hybridized carbons (Fsp3) is 0.333. The molecular weight excluding hydrogens is 494 g/mol. The van der Waals surface area contributed by atoms with Crippen molar-refractivity contribution in [2.75, 3.05) is 19.1 Å². The molecule has 0 spiro atoms. The molecule has 0 aliphatic heterocycles. The molecule has 4 aromatic rings. The number of benzene rings is 3. The predicted octanol–water partition coefficient (Wildman–Crippen LogP) is 4.84. The molecule has 0 unspecified atom stereocenters. The van der Waals surface area contributed by atoms with Crippen molar-refractivity contribution in [3.8, 4) is 11.5 Å². The van der Waals surface area contributed by atoms with Crippen molar-refractivity contribution in [2.45, 2.75) is 52.2 Å². The number of fused-ring (bicyclic) bond motifs is 1. The van der Waals surface area contributed by atoms with E-state index in [4.69, 9.17) is 9.47 Å². The number of nitrogens with zero attached hydrogens (tertiary/aromatic N) is 4. The highest BCUT2D eigenvalue weighted by atomic mass is 16.5. The second kappa shape index (κ2) is 11.6. The van der Waals surface area contributed by atoms with Crippen LogP contribution >= 0.6 is 0 Å². The molecule has 0 fully saturated rings. The van der Waals surface area contributed by atoms with E-state index in [1.807, 2.05) is 76.2 Å². The maximum Gasteiger partial charge on any atom is 0.249 e. The summed E-state index contributed by atoms with van der Waals surface area (Å²) in [4.78, 5) is 29.9. The first kappa shape index (κ1) is 27.6. The van der Waals surface area contributed by atoms with Crippen LogP contribution in [0.2, 0.25) is 0 Å². The SMILES string of the molecule is CCC(C)(C)NC(=O)[C@H](c1cccc(OC)c1OC)N(C(=O)Cn1nnc2ccccc21)c1cccc(C)c1. The Balaban J connectivity index is 1.90. The summed E-state index contributed by atoms with van der Waals surface area (Å²) in [5.41, 5.74) is 2.92. The second-order valence-electron chi connectivity index (χ2n) is 10.1. The van der Waals surface area contributed by atoms with Crippen LogP contribution in [-0.2, 0) is 16.1 Å². The van der Waals surface area contributed by atoms with E-state index in [0.717, 1.165) is 11.1 Å². The minimum Gasteiger partial charge on any atom is -0.493 e. The van der Waals surface area contributed by atoms with Crippen LogP contribution in [0.25, 0.3) is 11.0 Å². The zero-order chi connectivity index (χ0) is 28.2. The van der Waals surface area contributed by atoms with E-state index < -0.39 is 11.6 Å². The summed E-state index contributed by atoms with van der Waals surface area (Å²) in [7, 11) is 3.06. The number of aryl methyl sites for hydroxylation is 1. The monoisotopic (exact) mass is 529 g/mol. The van der Waals surface area contributed by atoms with Crippen molar-refractivity contribution in [1.29, 1.82) is 0 Å². The van der Waals surface area contributed by atoms with Gasteiger partial charge in [-0.1, -0.05) is 48.5 Å². The summed E-state index contributed by atoms with van der Waals surface area (Å²) in [6.45, 7) is 7.72. The number of ether oxygens (including phenoxy) is 2. The fourth-order valence-corrected chi connectivity index (χ4v) is 4.47. The maximum absolute atomic E-state index is 14.3. The molecule has 4 rings (SSSR count). The minimum atomic E-state index is -1.06. The Morgan fingerprint density at radius 3 is 2.46 bits per heavy atom. The molecule has 1 aromatic heterocycles. The third-order valence-electron chi connectivity index (χ3n) is 6.83. The van der Waals surface area contributed by atoms with Crippen LogP contribution in [-0.4, -0.2) is 46.6 Å². The van der Waals surface area contributed by atoms with Crippen molar-refractivity contribution in [1.82, 2.24) is 20.3 Å². The standard InChI is InChI=1S/C30H35N5O4/c1-7-30(3,4)31-29(37)27(22-14-11-17-25(38-5)28(22)39-6)35(21-13-10-12-20(2)18-21)26(36)19-34-24-16-9-8-15-23(24)32-33-34/h8-18,27H,7,19H2,1-6H3,(H,31,37)/t27-/m0/s1. The summed E-state index contributed by atoms with van der Waals surface area (Å²) >= 11 is 0. The molecule has 2 amide bonds. The van der Waals surface area contributed by atoms with Gasteiger partial charge < -0.3 is 14.8 Å². The topological polar surface area (TPSA) is 98.6 Å². The van der Waals surface area contributed by atoms with Crippen LogP contribution in [0.1, 0.15) is 44.4 Å². The summed E-state index contributed by atoms with van der Waals surface area (Å²) in [6, 6.07) is 19.2. The normalized spacial score (nSPS) is 12.2. The van der Waals surface area contributed by atoms with Crippen molar-refractivity contribution in [3.63, 3.8) is 0 Å². The molecule has 3 aromatic carbocycles. The Morgan fingerprint density at radius 1 is 1.03 bits per heavy atom. The highest BCUT2D eigenvalue weighted by Gasteiger charge is 2.37. The van der Waals surface area contributed by atoms with Gasteiger partial charge in [-0.25, -0.2) is 4.68 Å². The zero-order valence-electron chi connectivity index (χ0n) is 23.3. The lowest BCUT2D eigenvalue weighted by Gasteiger charge is -2.35. The lowest BCUT2D eigenvalue weighted by atomic mass is 9.97. The highest BCUT2D eigenvalue weighted by molar-refractivity contribution is 6.02. The molecule has 9 nitrogen and oxygen atoms in total. The molecule has 1 atom stereocenters. The van der Waals surface area contributed by atoms with E-state index in [0.29, 0.717) is 34.7 Å². The van der Waals surface area contributed by atoms with E-state index in [1.54, 1.807) is 22.9 Å². The molecular formula is C30H35N5O4. The molecule has 0 aliphatic carbocycles. The molecule has 0 radical (unpaired) electrons. The van der Waals surface area contributed by atoms with E-state index >= 15 is 0 Å². The van der Waals surface area contributed by atoms with Gasteiger partial charge in [-0.3, -0.25) is 14.5 Å². The molecule has 0 saturated heterocycles. The second-order valence-corrected chi connectivity index (χ2v) is 10.1. The minimum absolute atomic E-state index is 0.123. The van der Waals surface area contributed by atoms with Crippen LogP contribution in [0.4, 0.5) is 5.69 Å². The summed E-state index contributed by atoms with van der Waals surface area (Å²) in [6.07, 6.45) is 0.698. The van der Waals surface area contributed by atoms with Crippen LogP contribution in [0.5, 0.6) is 11.5 Å². The number of hydrogen-bond acceptors (Lipinski definition) is 6. The van der Waals surface area contributed by atoms with E-state index in [1.165, 1.54) is 19.1 Å². The summed E-state index contributed by atoms with van der Waals surface area (Å²) in [5, 5.41) is 11.5. The fourth-order valence-electron chi connectivity index (χ4n) is 4.47. The van der Waals surface area contributed by atoms with Gasteiger partial charge in [-0.2, -0.15) is 0 Å². The highest BCUT2D eigenvalue weighted by Crippen LogP contribution is 2.39. The number of aromatic nitrogens is 3. The van der Waals surface area contributed by atoms with Crippen molar-refractivity contribution in [2.24, 2.45) is 0 Å². The van der Waals surface area contributed by atoms with E-state index in [2.05, 4.69) is 15.6 Å². The van der Waals surface area contributed by atoms with Gasteiger partial charge in [-0.15, -0.1) is 5.10 Å². The average molecular weight is 530 g/mol. The number of anilines is 1. The molecule has 39 heavy (non-hydrogen) atoms. The quantitative estimate of drug-likeness (QED) is 0.316. The van der Waals surface area contributed by atoms with Gasteiger partial charge in [0.25, 0.3) is 0 Å². The summed E-state index contributed by atoms with van der Waals surface area (Å²) < 4.78 is 12.8. The van der Waals surface area contributed by atoms with Gasteiger partial charge in [0.2, 0.25) is 11.8 Å². The van der Waals surface area contributed by atoms with E-state index in [9.17, 15) is 9.59 Å². The number of nitrogens with one attached hydrogen (secondary N) is 1. The Kier molecular flexibility index (Phi) is 8.18. The number of amides is 2. The number of methoxy groups -OCH3 is 2. The largest absolute Gasteiger partial charge is 0.493 e. The number of carbonyl (C=O) groups excluding carboxylic acids is 2. The number of carbonyl (C=O) groups is 2. The molecule has 204 valence electrons. The van der Waals surface area contributed by atoms with E-state index in [-0.39, 0.29) is 18.4 Å². The molecule has 1 N–H and O–H groups in total. The van der Waals surface area contributed by atoms with Gasteiger partial charge in [0.1, 0.15) is 18.1 Å². The van der Waals surface area contributed by atoms with Crippen molar-refractivity contribution >= 4 is 28.5 Å². The molecule has 0 aliphatic rings. The number of rotatable bonds is 10. The van der Waals surface area contributed by atoms with Gasteiger partial charge in [0, 0.05) is 16.8 Å². The first-order valence-corrected chi connectivity index (χ1v) is 12.9. The lowest BCUT2D eigenvalue weighted by Crippen LogP contribution is -2.51. The zero-order valence-corrected chi connectivity index (χ0v) is 23.3. The number of hydrogen-bond donors (Lipinski definition) is 1. The first-order chi connectivity index (χ1) is 18.7. The molecule has 0 saturated carbocycles. The Hall–Kier alpha value is -4.40. The van der Waals surface area contributed by atoms with Gasteiger partial charge >= 0.3 is 0 Å². The Morgan fingerprint density at radius 2 is 1.77 bits per heavy atom. The Bertz CT molecular complexity index is 1480. The molecule has 0 bridgehead atoms. The third kappa shape index (κ3) is 5.87. The van der Waals surface area contributed by atoms with Crippen LogP contribution in [0.15, 0.2) is 66.7 Å². The summed E-state index contributed by atoms with van der Waals surface area (Å²) in [5.74, 6) is 0.162. The first-order valence-electron chi connectivity index (χ1n) is 12.9. The lowest BCUT2D eigenvalue weighted by molar-refractivity contribution is -0.128. The van der Waals surface area contributed by atoms with Crippen molar-refractivity contribution < 1.29 is 19.1 Å². The maximum atomic E-state index is 14.3. The van der Waals surface area contributed by atoms with Gasteiger partial charge in [0.15, 0.2) is 11.5 Å². The van der Waals surface area contributed by atoms with Crippen LogP contribution < -0.4 is 19.7 Å². The number of para-hydroxylation sites is 2. The van der Waals surface area contributed by atoms with Crippen LogP contribution in [0, 0.1) is 6.92 Å². The van der Waals surface area contributed by atoms with Gasteiger partial charge in [-0.05, 0) is 63.1 Å². The molecule has 9 heteroatoms. The third-order valence-corrected chi connectivity index (χ3v) is 6.83. The average Bonchev–Trinajstić information content (AvgIpc) is 3.33. The Labute approximate surface area is 228 Å². The van der Waals surface area contributed by atoms with Crippen molar-refractivity contribution in [3.05, 3.63) is 77.9 Å². The molecule has 1 heterocycles.